The van der Waals surface area contributed by atoms with Gasteiger partial charge >= 0.3 is 0 Å². The van der Waals surface area contributed by atoms with E-state index < -0.39 is 15.8 Å². The fourth-order valence-electron chi connectivity index (χ4n) is 3.34. The van der Waals surface area contributed by atoms with Crippen molar-refractivity contribution in [1.29, 1.82) is 0 Å². The van der Waals surface area contributed by atoms with Crippen molar-refractivity contribution in [3.8, 4) is 11.4 Å². The molecule has 2 heterocycles. The van der Waals surface area contributed by atoms with Crippen molar-refractivity contribution in [2.45, 2.75) is 18.2 Å². The van der Waals surface area contributed by atoms with Gasteiger partial charge in [-0.3, -0.25) is 0 Å². The molecule has 9 nitrogen and oxygen atoms in total. The first-order valence-electron chi connectivity index (χ1n) is 10.5. The molecule has 4 rings (SSSR count). The van der Waals surface area contributed by atoms with Crippen LogP contribution in [0.3, 0.4) is 0 Å². The Morgan fingerprint density at radius 2 is 1.88 bits per heavy atom. The average molecular weight is 482 g/mol. The van der Waals surface area contributed by atoms with Gasteiger partial charge in [-0.05, 0) is 43.7 Å². The van der Waals surface area contributed by atoms with Gasteiger partial charge in [0.15, 0.2) is 11.6 Å². The molecular formula is C23H24FN7O2S. The van der Waals surface area contributed by atoms with Crippen molar-refractivity contribution in [1.82, 2.24) is 24.7 Å². The summed E-state index contributed by atoms with van der Waals surface area (Å²) in [6.07, 6.45) is 5.20. The quantitative estimate of drug-likeness (QED) is 0.288. The van der Waals surface area contributed by atoms with Crippen molar-refractivity contribution < 1.29 is 12.8 Å². The summed E-state index contributed by atoms with van der Waals surface area (Å²) in [4.78, 5) is 15.6. The summed E-state index contributed by atoms with van der Waals surface area (Å²) in [6.45, 7) is 2.16. The van der Waals surface area contributed by atoms with Gasteiger partial charge in [-0.1, -0.05) is 30.3 Å². The molecule has 0 spiro atoms. The number of aromatic nitrogens is 4. The van der Waals surface area contributed by atoms with Crippen LogP contribution in [0.1, 0.15) is 11.1 Å². The van der Waals surface area contributed by atoms with E-state index in [0.717, 1.165) is 23.1 Å². The third-order valence-corrected chi connectivity index (χ3v) is 6.73. The van der Waals surface area contributed by atoms with Crippen molar-refractivity contribution in [3.05, 3.63) is 78.0 Å². The summed E-state index contributed by atoms with van der Waals surface area (Å²) in [7, 11) is -2.27. The van der Waals surface area contributed by atoms with Crippen LogP contribution < -0.4 is 15.4 Å². The van der Waals surface area contributed by atoms with Crippen molar-refractivity contribution in [2.75, 3.05) is 24.2 Å². The number of sulfonamides is 1. The van der Waals surface area contributed by atoms with E-state index in [1.54, 1.807) is 31.5 Å². The first-order chi connectivity index (χ1) is 16.4. The summed E-state index contributed by atoms with van der Waals surface area (Å²) in [5, 5.41) is 5.93. The second-order valence-corrected chi connectivity index (χ2v) is 9.37. The third kappa shape index (κ3) is 5.38. The molecule has 11 heteroatoms. The minimum absolute atomic E-state index is 0.0555. The van der Waals surface area contributed by atoms with Crippen LogP contribution in [0, 0.1) is 12.7 Å². The molecule has 0 aliphatic carbocycles. The van der Waals surface area contributed by atoms with Crippen LogP contribution in [-0.4, -0.2) is 41.9 Å². The zero-order valence-corrected chi connectivity index (χ0v) is 19.4. The molecule has 0 atom stereocenters. The maximum absolute atomic E-state index is 14.3. The van der Waals surface area contributed by atoms with Gasteiger partial charge in [-0.15, -0.1) is 0 Å². The molecule has 0 fully saturated rings. The Morgan fingerprint density at radius 3 is 2.59 bits per heavy atom. The topological polar surface area (TPSA) is 125 Å². The predicted molar refractivity (Wildman–Crippen MR) is 129 cm³/mol. The SMILES string of the molecule is CNS(=O)(=O)c1cc(Nc2ncc(F)c(NCCc3ccc(-c4ncc[nH]4)cc3)n2)ccc1C. The molecule has 2 aromatic heterocycles. The highest BCUT2D eigenvalue weighted by Gasteiger charge is 2.16. The molecule has 0 radical (unpaired) electrons. The van der Waals surface area contributed by atoms with Gasteiger partial charge in [-0.2, -0.15) is 4.98 Å². The fourth-order valence-corrected chi connectivity index (χ4v) is 4.33. The van der Waals surface area contributed by atoms with Gasteiger partial charge in [0.1, 0.15) is 5.82 Å². The molecule has 2 aromatic carbocycles. The summed E-state index contributed by atoms with van der Waals surface area (Å²) in [5.41, 5.74) is 3.13. The number of hydrogen-bond acceptors (Lipinski definition) is 7. The number of aryl methyl sites for hydroxylation is 1. The molecule has 0 aliphatic rings. The molecular weight excluding hydrogens is 457 g/mol. The Morgan fingerprint density at radius 1 is 1.09 bits per heavy atom. The zero-order chi connectivity index (χ0) is 24.1. The Bertz CT molecular complexity index is 1380. The number of aromatic amines is 1. The molecule has 4 aromatic rings. The van der Waals surface area contributed by atoms with Gasteiger partial charge in [0.25, 0.3) is 0 Å². The van der Waals surface area contributed by atoms with E-state index in [-0.39, 0.29) is 16.7 Å². The number of rotatable bonds is 9. The molecule has 0 aliphatic heterocycles. The number of imidazole rings is 1. The number of benzene rings is 2. The summed E-state index contributed by atoms with van der Waals surface area (Å²) >= 11 is 0. The number of halogens is 1. The largest absolute Gasteiger partial charge is 0.367 e. The van der Waals surface area contributed by atoms with E-state index in [1.807, 2.05) is 24.3 Å². The Labute approximate surface area is 197 Å². The van der Waals surface area contributed by atoms with E-state index in [4.69, 9.17) is 0 Å². The summed E-state index contributed by atoms with van der Waals surface area (Å²) in [5.74, 6) is 0.418. The van der Waals surface area contributed by atoms with E-state index in [9.17, 15) is 12.8 Å². The van der Waals surface area contributed by atoms with Crippen molar-refractivity contribution >= 4 is 27.5 Å². The maximum atomic E-state index is 14.3. The minimum atomic E-state index is -3.62. The summed E-state index contributed by atoms with van der Waals surface area (Å²) in [6, 6.07) is 12.8. The summed E-state index contributed by atoms with van der Waals surface area (Å²) < 4.78 is 41.0. The number of anilines is 3. The lowest BCUT2D eigenvalue weighted by atomic mass is 10.1. The highest BCUT2D eigenvalue weighted by molar-refractivity contribution is 7.89. The highest BCUT2D eigenvalue weighted by Crippen LogP contribution is 2.23. The second-order valence-electron chi connectivity index (χ2n) is 7.51. The lowest BCUT2D eigenvalue weighted by Gasteiger charge is -2.12. The van der Waals surface area contributed by atoms with Gasteiger partial charge in [0.05, 0.1) is 11.1 Å². The first kappa shape index (κ1) is 23.3. The monoisotopic (exact) mass is 481 g/mol. The Balaban J connectivity index is 1.41. The van der Waals surface area contributed by atoms with Crippen LogP contribution in [0.25, 0.3) is 11.4 Å². The Kier molecular flexibility index (Phi) is 6.85. The van der Waals surface area contributed by atoms with Crippen LogP contribution in [-0.2, 0) is 16.4 Å². The number of H-pyrrole nitrogens is 1. The van der Waals surface area contributed by atoms with Crippen LogP contribution in [0.15, 0.2) is 66.0 Å². The maximum Gasteiger partial charge on any atom is 0.240 e. The minimum Gasteiger partial charge on any atom is -0.367 e. The molecule has 34 heavy (non-hydrogen) atoms. The number of nitrogens with one attached hydrogen (secondary N) is 4. The smallest absolute Gasteiger partial charge is 0.240 e. The zero-order valence-electron chi connectivity index (χ0n) is 18.6. The molecule has 0 amide bonds. The number of hydrogen-bond donors (Lipinski definition) is 4. The molecule has 0 unspecified atom stereocenters. The third-order valence-electron chi connectivity index (χ3n) is 5.18. The fraction of sp³-hybridized carbons (Fsp3) is 0.174. The van der Waals surface area contributed by atoms with Gasteiger partial charge in [0.2, 0.25) is 16.0 Å². The predicted octanol–water partition coefficient (Wildman–Crippen LogP) is 3.62. The molecule has 0 saturated carbocycles. The van der Waals surface area contributed by atoms with Gasteiger partial charge in [-0.25, -0.2) is 27.5 Å². The van der Waals surface area contributed by atoms with Crippen molar-refractivity contribution in [2.24, 2.45) is 0 Å². The van der Waals surface area contributed by atoms with E-state index in [2.05, 4.69) is 35.3 Å². The molecule has 4 N–H and O–H groups in total. The second kappa shape index (κ2) is 9.98. The lowest BCUT2D eigenvalue weighted by molar-refractivity contribution is 0.587. The number of nitrogens with zero attached hydrogens (tertiary/aromatic N) is 3. The van der Waals surface area contributed by atoms with Crippen LogP contribution in [0.2, 0.25) is 0 Å². The van der Waals surface area contributed by atoms with Crippen LogP contribution >= 0.6 is 0 Å². The standard InChI is InChI=1S/C23H24FN7O2S/c1-15-3-8-18(13-20(15)34(32,33)25-2)30-23-29-14-19(24)22(31-23)26-10-9-16-4-6-17(7-5-16)21-27-11-12-28-21/h3-8,11-14,25H,9-10H2,1-2H3,(H,27,28)(H2,26,29,30,31). The van der Waals surface area contributed by atoms with Gasteiger partial charge in [0, 0.05) is 30.2 Å². The lowest BCUT2D eigenvalue weighted by Crippen LogP contribution is -2.19. The van der Waals surface area contributed by atoms with Gasteiger partial charge < -0.3 is 15.6 Å². The highest BCUT2D eigenvalue weighted by atomic mass is 32.2. The first-order valence-corrected chi connectivity index (χ1v) is 12.0. The average Bonchev–Trinajstić information content (AvgIpc) is 3.38. The molecule has 0 bridgehead atoms. The van der Waals surface area contributed by atoms with Crippen LogP contribution in [0.4, 0.5) is 21.8 Å². The van der Waals surface area contributed by atoms with Crippen LogP contribution in [0.5, 0.6) is 0 Å². The van der Waals surface area contributed by atoms with E-state index >= 15 is 0 Å². The van der Waals surface area contributed by atoms with E-state index in [0.29, 0.717) is 24.2 Å². The normalized spacial score (nSPS) is 11.4. The Hall–Kier alpha value is -3.83. The van der Waals surface area contributed by atoms with Crippen molar-refractivity contribution in [3.63, 3.8) is 0 Å². The molecule has 176 valence electrons. The molecule has 0 saturated heterocycles. The van der Waals surface area contributed by atoms with E-state index in [1.165, 1.54) is 13.1 Å².